The van der Waals surface area contributed by atoms with Gasteiger partial charge in [0.1, 0.15) is 88.7 Å². The summed E-state index contributed by atoms with van der Waals surface area (Å²) in [5.74, 6) is 7.74. The number of benzene rings is 5. The molecule has 13 aromatic rings. The van der Waals surface area contributed by atoms with Crippen LogP contribution in [-0.4, -0.2) is 146 Å². The largest absolute Gasteiger partial charge is 1.00 e. The Bertz CT molecular complexity index is 4710. The molecule has 5 atom stereocenters. The first kappa shape index (κ1) is 93.7. The average Bonchev–Trinajstić information content (AvgIpc) is 1.41. The normalized spacial score (nSPS) is 11.9. The molecular formula is C81H95Cl6KN22O5. The Morgan fingerprint density at radius 2 is 0.704 bits per heavy atom. The number of nitrogens with zero attached hydrogens (tertiary/aromatic N) is 16. The number of hydrogen-bond donors (Lipinski definition) is 7. The number of halogens is 6. The molecule has 9 N–H and O–H groups in total. The zero-order valence-electron chi connectivity index (χ0n) is 66.4. The minimum atomic E-state index is -0.0602. The number of imidazole rings is 4. The van der Waals surface area contributed by atoms with Crippen molar-refractivity contribution in [2.45, 2.75) is 119 Å². The maximum atomic E-state index is 8.02. The third-order valence-corrected chi connectivity index (χ3v) is 16.7. The number of nitrogens with one attached hydrogen (secondary N) is 4. The van der Waals surface area contributed by atoms with Gasteiger partial charge in [0.25, 0.3) is 0 Å². The predicted molar refractivity (Wildman–Crippen MR) is 454 cm³/mol. The second kappa shape index (κ2) is 50.9. The maximum Gasteiger partial charge on any atom is 1.00 e. The van der Waals surface area contributed by atoms with E-state index in [1.807, 2.05) is 200 Å². The van der Waals surface area contributed by atoms with Crippen LogP contribution in [0.15, 0.2) is 220 Å². The Kier molecular flexibility index (Phi) is 41.5. The van der Waals surface area contributed by atoms with E-state index in [0.717, 1.165) is 72.0 Å². The van der Waals surface area contributed by atoms with Crippen LogP contribution in [0.25, 0.3) is 23.3 Å². The Balaban J connectivity index is 0.000000229. The molecule has 34 heteroatoms. The molecule has 0 saturated heterocycles. The fourth-order valence-corrected chi connectivity index (χ4v) is 10.9. The summed E-state index contributed by atoms with van der Waals surface area (Å²) in [5, 5.41) is 25.4. The molecule has 0 aliphatic carbocycles. The summed E-state index contributed by atoms with van der Waals surface area (Å²) >= 11 is 35.3. The Morgan fingerprint density at radius 1 is 0.383 bits per heavy atom. The standard InChI is InChI=1S/C24H24Cl2N6O.2C18H20ClN5O.C10H14ClNO.C8H7ClN4.C3H9NO.K.H/c1-17(14-33-15-18-5-7-20(25)8-6-18)29-22-12-23(32-10-9-27-16-32)31-24(30-22)28-13-19-3-2-4-21(26)11-19;2*1-13(10-25-11-15-3-5-16(19)6-4-15)21-17-9-18(23-14(2)22-17)24-8-7-20-12-24;1-8(12)6-13-7-9-2-4-10(11)5-3-9;1-6-11-7(9)4-8(12-6)13-3-2-10-5-13;1-3(4)2-5;;/h2-12,16-17H,13-15H2,1H3,(H2,28,29,30,31);2*3-9,12-13H,10-11H2,1-2H3,(H,21,22,23);2-5,8H,6-7,12H2,1H3;2-5H,1H3;3,5H,2,4H2,1H3;;/q;;;;;;+1;-1/t17-;2*13-;8-;;3-;;/m1111.1../s1. The second-order valence-electron chi connectivity index (χ2n) is 26.1. The van der Waals surface area contributed by atoms with Crippen molar-refractivity contribution in [3.8, 4) is 23.3 Å². The van der Waals surface area contributed by atoms with Gasteiger partial charge in [0.05, 0.1) is 59.5 Å². The van der Waals surface area contributed by atoms with Crippen LogP contribution < -0.4 is 84.1 Å². The maximum absolute atomic E-state index is 8.02. The van der Waals surface area contributed by atoms with Crippen LogP contribution in [0.4, 0.5) is 23.4 Å². The van der Waals surface area contributed by atoms with E-state index in [1.54, 1.807) is 80.8 Å². The average molecular weight is 1710 g/mol. The molecule has 0 bridgehead atoms. The second-order valence-corrected chi connectivity index (χ2v) is 28.6. The fraction of sp³-hybridized carbons (Fsp3) is 0.284. The summed E-state index contributed by atoms with van der Waals surface area (Å²) < 4.78 is 30.0. The summed E-state index contributed by atoms with van der Waals surface area (Å²) in [5.41, 5.74) is 16.0. The topological polar surface area (TPSA) is 332 Å². The quantitative estimate of drug-likeness (QED) is 0.0162. The molecule has 0 aliphatic heterocycles. The first-order valence-electron chi connectivity index (χ1n) is 36.2. The number of aromatic nitrogens is 16. The van der Waals surface area contributed by atoms with Gasteiger partial charge < -0.3 is 58.2 Å². The molecule has 5 aromatic carbocycles. The van der Waals surface area contributed by atoms with Gasteiger partial charge in [-0.25, -0.2) is 49.8 Å². The summed E-state index contributed by atoms with van der Waals surface area (Å²) in [6.07, 6.45) is 21.0. The number of aryl methyl sites for hydroxylation is 3. The molecule has 0 spiro atoms. The molecular weight excluding hydrogens is 1610 g/mol. The van der Waals surface area contributed by atoms with E-state index in [2.05, 4.69) is 94.9 Å². The van der Waals surface area contributed by atoms with Gasteiger partial charge in [-0.3, -0.25) is 18.3 Å². The molecule has 0 fully saturated rings. The molecule has 27 nitrogen and oxygen atoms in total. The van der Waals surface area contributed by atoms with Crippen LogP contribution in [0.2, 0.25) is 30.3 Å². The molecule has 602 valence electrons. The Hall–Kier alpha value is -8.44. The van der Waals surface area contributed by atoms with Crippen molar-refractivity contribution in [1.29, 1.82) is 0 Å². The van der Waals surface area contributed by atoms with Crippen molar-refractivity contribution in [2.24, 2.45) is 11.5 Å². The molecule has 0 unspecified atom stereocenters. The van der Waals surface area contributed by atoms with Gasteiger partial charge in [-0.1, -0.05) is 130 Å². The van der Waals surface area contributed by atoms with Gasteiger partial charge in [0.2, 0.25) is 5.95 Å². The van der Waals surface area contributed by atoms with E-state index in [-0.39, 0.29) is 89.6 Å². The van der Waals surface area contributed by atoms with Gasteiger partial charge in [-0.05, 0) is 144 Å². The SMILES string of the molecule is C[C@@H](N)CO.C[C@@H](N)COCc1ccc(Cl)cc1.C[C@H](COCc1ccc(Cl)cc1)Nc1cc(-n2ccnc2)nc(NCc2cccc(Cl)c2)n1.Cc1nc(Cl)cc(-n2ccnc2)n1.Cc1nc(N[C@H](C)COCc2ccc(Cl)cc2)cc(-n2ccnc2)n1.Cc1nc(N[C@H](C)COCc2ccc(Cl)cc2)cc(-n2ccnc2)n1.[H-].[K+]. The van der Waals surface area contributed by atoms with E-state index in [1.165, 1.54) is 0 Å². The first-order chi connectivity index (χ1) is 54.9. The van der Waals surface area contributed by atoms with Crippen LogP contribution in [0, 0.1) is 20.8 Å². The third-order valence-electron chi connectivity index (χ3n) is 15.3. The molecule has 115 heavy (non-hydrogen) atoms. The molecule has 0 amide bonds. The van der Waals surface area contributed by atoms with Gasteiger partial charge >= 0.3 is 51.4 Å². The fourth-order valence-electron chi connectivity index (χ4n) is 9.92. The van der Waals surface area contributed by atoms with Gasteiger partial charge in [0.15, 0.2) is 0 Å². The van der Waals surface area contributed by atoms with Crippen molar-refractivity contribution >= 4 is 93.0 Å². The zero-order valence-corrected chi connectivity index (χ0v) is 73.1. The summed E-state index contributed by atoms with van der Waals surface area (Å²) in [4.78, 5) is 51.2. The van der Waals surface area contributed by atoms with Crippen LogP contribution >= 0.6 is 69.6 Å². The van der Waals surface area contributed by atoms with Crippen molar-refractivity contribution in [3.05, 3.63) is 296 Å². The zero-order chi connectivity index (χ0) is 81.6. The number of hydrogen-bond acceptors (Lipinski definition) is 23. The Morgan fingerprint density at radius 3 is 1.02 bits per heavy atom. The van der Waals surface area contributed by atoms with Crippen molar-refractivity contribution in [1.82, 2.24) is 78.1 Å². The van der Waals surface area contributed by atoms with Crippen LogP contribution in [0.5, 0.6) is 0 Å². The molecule has 13 rings (SSSR count). The van der Waals surface area contributed by atoms with Gasteiger partial charge in [-0.15, -0.1) is 0 Å². The molecule has 0 radical (unpaired) electrons. The first-order valence-corrected chi connectivity index (χ1v) is 38.5. The number of anilines is 4. The van der Waals surface area contributed by atoms with E-state index >= 15 is 0 Å². The van der Waals surface area contributed by atoms with Crippen molar-refractivity contribution in [3.63, 3.8) is 0 Å². The van der Waals surface area contributed by atoms with E-state index in [9.17, 15) is 0 Å². The number of aliphatic hydroxyl groups excluding tert-OH is 1. The van der Waals surface area contributed by atoms with Crippen molar-refractivity contribution in [2.75, 3.05) is 54.3 Å². The summed E-state index contributed by atoms with van der Waals surface area (Å²) in [7, 11) is 0. The smallest absolute Gasteiger partial charge is 1.00 e. The van der Waals surface area contributed by atoms with E-state index in [0.29, 0.717) is 110 Å². The summed E-state index contributed by atoms with van der Waals surface area (Å²) in [6, 6.07) is 45.9. The number of ether oxygens (including phenoxy) is 4. The van der Waals surface area contributed by atoms with E-state index < -0.39 is 0 Å². The Labute approximate surface area is 744 Å². The van der Waals surface area contributed by atoms with Crippen LogP contribution in [0.1, 0.15) is 81.3 Å². The van der Waals surface area contributed by atoms with Crippen LogP contribution in [-0.2, 0) is 51.9 Å². The monoisotopic (exact) mass is 1700 g/mol. The van der Waals surface area contributed by atoms with Gasteiger partial charge in [0, 0.05) is 136 Å². The number of aliphatic hydroxyl groups is 1. The van der Waals surface area contributed by atoms with Gasteiger partial charge in [-0.2, -0.15) is 9.97 Å². The molecule has 0 saturated carbocycles. The van der Waals surface area contributed by atoms with Crippen molar-refractivity contribution < 1.29 is 76.9 Å². The number of nitrogens with two attached hydrogens (primary N) is 2. The predicted octanol–water partition coefficient (Wildman–Crippen LogP) is 13.2. The molecule has 0 aliphatic rings. The molecule has 8 heterocycles. The molecule has 8 aromatic heterocycles. The van der Waals surface area contributed by atoms with Crippen LogP contribution in [0.3, 0.4) is 0 Å². The minimum Gasteiger partial charge on any atom is -1.00 e. The third kappa shape index (κ3) is 36.3. The van der Waals surface area contributed by atoms with E-state index in [4.69, 9.17) is 105 Å². The minimum absolute atomic E-state index is 0. The summed E-state index contributed by atoms with van der Waals surface area (Å²) in [6.45, 7) is 20.4. The number of rotatable bonds is 30.